The lowest BCUT2D eigenvalue weighted by atomic mass is 9.76. The number of hydrogen-bond acceptors (Lipinski definition) is 2. The van der Waals surface area contributed by atoms with Crippen molar-refractivity contribution in [1.82, 2.24) is 0 Å². The lowest BCUT2D eigenvalue weighted by molar-refractivity contribution is 0.639. The number of furan rings is 1. The number of benzene rings is 9. The molecule has 0 bridgehead atoms. The van der Waals surface area contributed by atoms with Gasteiger partial charge >= 0.3 is 0 Å². The van der Waals surface area contributed by atoms with E-state index in [9.17, 15) is 0 Å². The van der Waals surface area contributed by atoms with Crippen LogP contribution < -0.4 is 4.90 Å². The first-order valence-electron chi connectivity index (χ1n) is 23.1. The van der Waals surface area contributed by atoms with Crippen molar-refractivity contribution in [2.24, 2.45) is 0 Å². The Bertz CT molecular complexity index is 3620. The fourth-order valence-corrected chi connectivity index (χ4v) is 12.1. The first kappa shape index (κ1) is 38.1. The monoisotopic (exact) mass is 835 g/mol. The summed E-state index contributed by atoms with van der Waals surface area (Å²) < 4.78 is 6.51. The van der Waals surface area contributed by atoms with E-state index in [-0.39, 0.29) is 16.2 Å². The van der Waals surface area contributed by atoms with Crippen LogP contribution in [0.25, 0.3) is 77.6 Å². The molecule has 0 atom stereocenters. The highest BCUT2D eigenvalue weighted by Crippen LogP contribution is 2.61. The van der Waals surface area contributed by atoms with Crippen molar-refractivity contribution >= 4 is 39.0 Å². The standard InChI is InChI=1S/C63H49NO/c1-61(2)50-24-13-10-19-44(50)45-33-31-41(35-52(45)61)64(40-29-27-38(28-30-40)43-22-16-23-47-46-20-12-15-26-56(46)65-60(43)47)42-32-34-49-53(36-42)63(5,6)55-37-54-58(48-21-11-14-25-51(48)62(54,3)4)57(59(49)55)39-17-8-7-9-18-39/h7-37H,1-6H3. The largest absolute Gasteiger partial charge is 0.455 e. The summed E-state index contributed by atoms with van der Waals surface area (Å²) in [6.45, 7) is 14.4. The molecule has 0 unspecified atom stereocenters. The summed E-state index contributed by atoms with van der Waals surface area (Å²) in [5.41, 5.74) is 25.9. The van der Waals surface area contributed by atoms with Crippen LogP contribution in [0.4, 0.5) is 17.1 Å². The number of fused-ring (bicyclic) bond motifs is 12. The van der Waals surface area contributed by atoms with Gasteiger partial charge in [0.25, 0.3) is 0 Å². The van der Waals surface area contributed by atoms with E-state index in [1.54, 1.807) is 0 Å². The van der Waals surface area contributed by atoms with Gasteiger partial charge in [-0.25, -0.2) is 0 Å². The van der Waals surface area contributed by atoms with Gasteiger partial charge in [-0.3, -0.25) is 0 Å². The maximum atomic E-state index is 6.51. The second kappa shape index (κ2) is 13.3. The molecule has 1 aromatic heterocycles. The highest BCUT2D eigenvalue weighted by atomic mass is 16.3. The molecule has 65 heavy (non-hydrogen) atoms. The molecule has 0 saturated heterocycles. The lowest BCUT2D eigenvalue weighted by Crippen LogP contribution is -2.19. The number of anilines is 3. The molecule has 0 spiro atoms. The van der Waals surface area contributed by atoms with Crippen LogP contribution in [-0.2, 0) is 16.2 Å². The fraction of sp³-hybridized carbons (Fsp3) is 0.143. The SMILES string of the molecule is CC1(C)c2ccccc2-c2ccc(N(c3ccc(-c4cccc5c4oc4ccccc45)cc3)c3ccc4c(c3)C(C)(C)c3cc5c(c(-c6ccccc6)c3-4)-c3ccccc3C5(C)C)cc21. The smallest absolute Gasteiger partial charge is 0.143 e. The predicted octanol–water partition coefficient (Wildman–Crippen LogP) is 17.3. The van der Waals surface area contributed by atoms with Crippen LogP contribution in [-0.4, -0.2) is 0 Å². The minimum Gasteiger partial charge on any atom is -0.455 e. The molecule has 3 aliphatic carbocycles. The molecule has 3 aliphatic rings. The molecule has 0 amide bonds. The van der Waals surface area contributed by atoms with Crippen molar-refractivity contribution in [2.45, 2.75) is 57.8 Å². The van der Waals surface area contributed by atoms with Gasteiger partial charge in [-0.15, -0.1) is 0 Å². The minimum absolute atomic E-state index is 0.125. The molecule has 1 heterocycles. The number of hydrogen-bond donors (Lipinski definition) is 0. The van der Waals surface area contributed by atoms with E-state index in [0.717, 1.165) is 50.1 Å². The summed E-state index contributed by atoms with van der Waals surface area (Å²) in [5, 5.41) is 2.28. The third kappa shape index (κ3) is 5.23. The fourth-order valence-electron chi connectivity index (χ4n) is 12.1. The summed E-state index contributed by atoms with van der Waals surface area (Å²) in [5.74, 6) is 0. The van der Waals surface area contributed by atoms with Gasteiger partial charge in [0.2, 0.25) is 0 Å². The Morgan fingerprint density at radius 2 is 0.815 bits per heavy atom. The molecule has 9 aromatic carbocycles. The van der Waals surface area contributed by atoms with Gasteiger partial charge in [0.05, 0.1) is 0 Å². The third-order valence-corrected chi connectivity index (χ3v) is 15.5. The Balaban J connectivity index is 1.00. The average molecular weight is 836 g/mol. The van der Waals surface area contributed by atoms with E-state index in [2.05, 4.69) is 228 Å². The van der Waals surface area contributed by atoms with Crippen molar-refractivity contribution in [3.63, 3.8) is 0 Å². The third-order valence-electron chi connectivity index (χ3n) is 15.5. The average Bonchev–Trinajstić information content (AvgIpc) is 3.98. The molecule has 0 radical (unpaired) electrons. The Morgan fingerprint density at radius 3 is 1.54 bits per heavy atom. The van der Waals surface area contributed by atoms with Gasteiger partial charge in [0.1, 0.15) is 11.2 Å². The predicted molar refractivity (Wildman–Crippen MR) is 272 cm³/mol. The van der Waals surface area contributed by atoms with E-state index >= 15 is 0 Å². The maximum absolute atomic E-state index is 6.51. The van der Waals surface area contributed by atoms with Crippen molar-refractivity contribution in [2.75, 3.05) is 4.90 Å². The summed E-state index contributed by atoms with van der Waals surface area (Å²) in [4.78, 5) is 2.47. The van der Waals surface area contributed by atoms with E-state index in [1.165, 1.54) is 77.9 Å². The molecular weight excluding hydrogens is 787 g/mol. The first-order valence-corrected chi connectivity index (χ1v) is 23.1. The molecule has 2 nitrogen and oxygen atoms in total. The van der Waals surface area contributed by atoms with E-state index in [0.29, 0.717) is 0 Å². The van der Waals surface area contributed by atoms with Crippen LogP contribution in [0.2, 0.25) is 0 Å². The van der Waals surface area contributed by atoms with Gasteiger partial charge in [-0.05, 0) is 126 Å². The Kier molecular flexibility index (Phi) is 7.80. The Hall–Kier alpha value is -7.42. The van der Waals surface area contributed by atoms with Crippen LogP contribution in [0.1, 0.15) is 74.9 Å². The normalized spacial score (nSPS) is 15.3. The van der Waals surface area contributed by atoms with Crippen molar-refractivity contribution in [1.29, 1.82) is 0 Å². The van der Waals surface area contributed by atoms with Gasteiger partial charge in [-0.1, -0.05) is 187 Å². The summed E-state index contributed by atoms with van der Waals surface area (Å²) in [6.07, 6.45) is 0. The molecule has 0 saturated carbocycles. The number of para-hydroxylation sites is 2. The maximum Gasteiger partial charge on any atom is 0.143 e. The zero-order valence-corrected chi connectivity index (χ0v) is 37.8. The number of rotatable bonds is 5. The summed E-state index contributed by atoms with van der Waals surface area (Å²) in [7, 11) is 0. The van der Waals surface area contributed by atoms with Gasteiger partial charge in [0.15, 0.2) is 0 Å². The number of nitrogens with zero attached hydrogens (tertiary/aromatic N) is 1. The van der Waals surface area contributed by atoms with Crippen LogP contribution in [0, 0.1) is 0 Å². The molecule has 0 fully saturated rings. The summed E-state index contributed by atoms with van der Waals surface area (Å²) >= 11 is 0. The van der Waals surface area contributed by atoms with Crippen LogP contribution in [0.15, 0.2) is 192 Å². The molecule has 10 aromatic rings. The van der Waals surface area contributed by atoms with E-state index in [4.69, 9.17) is 4.42 Å². The van der Waals surface area contributed by atoms with Crippen molar-refractivity contribution in [3.8, 4) is 55.6 Å². The second-order valence-electron chi connectivity index (χ2n) is 20.1. The van der Waals surface area contributed by atoms with E-state index < -0.39 is 0 Å². The zero-order valence-electron chi connectivity index (χ0n) is 37.8. The van der Waals surface area contributed by atoms with Crippen LogP contribution in [0.3, 0.4) is 0 Å². The highest BCUT2D eigenvalue weighted by Gasteiger charge is 2.45. The second-order valence-corrected chi connectivity index (χ2v) is 20.1. The van der Waals surface area contributed by atoms with E-state index in [1.807, 2.05) is 6.07 Å². The van der Waals surface area contributed by atoms with Gasteiger partial charge in [0, 0.05) is 49.6 Å². The summed E-state index contributed by atoms with van der Waals surface area (Å²) in [6, 6.07) is 70.0. The molecular formula is C63H49NO. The minimum atomic E-state index is -0.257. The molecule has 2 heteroatoms. The van der Waals surface area contributed by atoms with Crippen molar-refractivity contribution < 1.29 is 4.42 Å². The molecule has 0 N–H and O–H groups in total. The van der Waals surface area contributed by atoms with Crippen molar-refractivity contribution in [3.05, 3.63) is 221 Å². The highest BCUT2D eigenvalue weighted by molar-refractivity contribution is 6.10. The molecule has 312 valence electrons. The lowest BCUT2D eigenvalue weighted by Gasteiger charge is -2.30. The quantitative estimate of drug-likeness (QED) is 0.172. The van der Waals surface area contributed by atoms with Gasteiger partial charge < -0.3 is 9.32 Å². The topological polar surface area (TPSA) is 16.4 Å². The van der Waals surface area contributed by atoms with Crippen LogP contribution >= 0.6 is 0 Å². The molecule has 13 rings (SSSR count). The first-order chi connectivity index (χ1) is 31.5. The Labute approximate surface area is 381 Å². The molecule has 0 aliphatic heterocycles. The Morgan fingerprint density at radius 1 is 0.323 bits per heavy atom. The zero-order chi connectivity index (χ0) is 44.0. The van der Waals surface area contributed by atoms with Gasteiger partial charge in [-0.2, -0.15) is 0 Å². The van der Waals surface area contributed by atoms with Crippen LogP contribution in [0.5, 0.6) is 0 Å².